The second-order valence-corrected chi connectivity index (χ2v) is 20.3. The van der Waals surface area contributed by atoms with Gasteiger partial charge in [-0.3, -0.25) is 9.59 Å². The van der Waals surface area contributed by atoms with Gasteiger partial charge in [-0.1, -0.05) is 90.5 Å². The largest absolute Gasteiger partial charge is 1.00 e. The van der Waals surface area contributed by atoms with Crippen molar-refractivity contribution in [3.05, 3.63) is 173 Å². The number of aliphatic carboxylic acids is 2. The Morgan fingerprint density at radius 1 is 0.521 bits per heavy atom. The van der Waals surface area contributed by atoms with Crippen LogP contribution in [0.4, 0.5) is 0 Å². The van der Waals surface area contributed by atoms with Gasteiger partial charge < -0.3 is 59.7 Å². The fourth-order valence-corrected chi connectivity index (χ4v) is 12.9. The van der Waals surface area contributed by atoms with Crippen LogP contribution in [0, 0.1) is 6.92 Å². The van der Waals surface area contributed by atoms with Crippen LogP contribution in [-0.4, -0.2) is 168 Å². The zero-order valence-electron chi connectivity index (χ0n) is 40.7. The van der Waals surface area contributed by atoms with E-state index in [4.69, 9.17) is 59.4 Å². The summed E-state index contributed by atoms with van der Waals surface area (Å²) < 4.78 is 11.0. The Morgan fingerprint density at radius 2 is 0.767 bits per heavy atom. The number of carboxylic acid groups (broad SMARTS) is 2. The first-order chi connectivity index (χ1) is 33.4. The third-order valence-corrected chi connectivity index (χ3v) is 16.5. The molecular weight excluding hydrogens is 1090 g/mol. The van der Waals surface area contributed by atoms with E-state index in [1.54, 1.807) is 31.4 Å². The molecule has 73 heavy (non-hydrogen) atoms. The van der Waals surface area contributed by atoms with Crippen molar-refractivity contribution < 1.29 is 91.6 Å². The van der Waals surface area contributed by atoms with Crippen molar-refractivity contribution >= 4 is 150 Å². The number of carboxylic acids is 2. The van der Waals surface area contributed by atoms with Crippen LogP contribution in [0.3, 0.4) is 0 Å². The van der Waals surface area contributed by atoms with Crippen LogP contribution < -0.4 is 20.4 Å². The molecule has 2 saturated heterocycles. The molecule has 2 heterocycles. The molecule has 15 nitrogen and oxygen atoms in total. The predicted molar refractivity (Wildman–Crippen MR) is 292 cm³/mol. The Bertz CT molecular complexity index is 2380. The van der Waals surface area contributed by atoms with Gasteiger partial charge in [0.25, 0.3) is 11.9 Å². The number of carbonyl (C=O) groups is 2. The van der Waals surface area contributed by atoms with Crippen molar-refractivity contribution in [1.82, 2.24) is 0 Å². The topological polar surface area (TPSA) is 261 Å². The molecule has 2 radical (unpaired) electrons. The molecule has 0 aliphatic carbocycles. The molecule has 0 saturated carbocycles. The molecule has 0 unspecified atom stereocenters. The summed E-state index contributed by atoms with van der Waals surface area (Å²) in [6, 6.07) is 45.6. The number of aromatic hydroxyl groups is 2. The van der Waals surface area contributed by atoms with Gasteiger partial charge in [-0.15, -0.1) is 47.0 Å². The van der Waals surface area contributed by atoms with E-state index in [1.807, 2.05) is 95.6 Å². The summed E-state index contributed by atoms with van der Waals surface area (Å²) >= 11 is 7.86. The SMILES string of the molecule is CC(=O)O.CC(=O)O.COc1ccc(Oc2ccc(C3(c4ccc(C)cc4)SCCS3)cc2)cc1.O=[C-]OO.OB(O)c1ccc(B(O)O)cc1.Oc1ccc(C2(c3ccc(O)cc3)SCCS2)cc1.[Cu+].[Na].[Na]. The first-order valence-electron chi connectivity index (χ1n) is 20.9. The first-order valence-corrected chi connectivity index (χ1v) is 24.9. The van der Waals surface area contributed by atoms with E-state index in [2.05, 4.69) is 60.3 Å². The number of aryl methyl sites for hydroxylation is 1. The number of benzene rings is 6. The van der Waals surface area contributed by atoms with Gasteiger partial charge in [0, 0.05) is 96.0 Å². The molecule has 0 spiro atoms. The Kier molecular flexibility index (Phi) is 35.1. The van der Waals surface area contributed by atoms with Crippen molar-refractivity contribution in [3.8, 4) is 28.7 Å². The second-order valence-electron chi connectivity index (χ2n) is 14.5. The minimum atomic E-state index is -1.52. The summed E-state index contributed by atoms with van der Waals surface area (Å²) in [6.07, 6.45) is 0. The van der Waals surface area contributed by atoms with Crippen LogP contribution in [0.2, 0.25) is 0 Å². The van der Waals surface area contributed by atoms with E-state index in [9.17, 15) is 10.2 Å². The van der Waals surface area contributed by atoms with Crippen molar-refractivity contribution in [3.63, 3.8) is 0 Å². The fourth-order valence-electron chi connectivity index (χ4n) is 6.32. The van der Waals surface area contributed by atoms with Crippen LogP contribution in [0.25, 0.3) is 0 Å². The molecule has 2 aliphatic heterocycles. The molecule has 382 valence electrons. The van der Waals surface area contributed by atoms with E-state index in [-0.39, 0.29) is 95.8 Å². The second kappa shape index (κ2) is 36.7. The Hall–Kier alpha value is -3.22. The first kappa shape index (κ1) is 69.8. The maximum atomic E-state index is 9.44. The van der Waals surface area contributed by atoms with Crippen LogP contribution >= 0.6 is 47.0 Å². The van der Waals surface area contributed by atoms with E-state index < -0.39 is 26.2 Å². The summed E-state index contributed by atoms with van der Waals surface area (Å²) in [5, 5.41) is 75.4. The van der Waals surface area contributed by atoms with Gasteiger partial charge in [0.15, 0.2) is 0 Å². The number of hydrogen-bond donors (Lipinski definition) is 9. The van der Waals surface area contributed by atoms with Crippen molar-refractivity contribution in [1.29, 1.82) is 0 Å². The minimum Gasteiger partial charge on any atom is -0.509 e. The number of phenolic OH excluding ortho intramolecular Hbond substituents is 2. The molecule has 6 aromatic rings. The van der Waals surface area contributed by atoms with Crippen LogP contribution in [0.1, 0.15) is 41.7 Å². The molecule has 8 rings (SSSR count). The Balaban J connectivity index is 0.000000985. The monoisotopic (exact) mass is 1140 g/mol. The zero-order chi connectivity index (χ0) is 51.7. The van der Waals surface area contributed by atoms with Crippen LogP contribution in [0.5, 0.6) is 28.7 Å². The molecule has 0 amide bonds. The van der Waals surface area contributed by atoms with Gasteiger partial charge >= 0.3 is 31.3 Å². The zero-order valence-corrected chi connectivity index (χ0v) is 49.0. The number of rotatable bonds is 10. The van der Waals surface area contributed by atoms with Gasteiger partial charge in [-0.05, 0) is 107 Å². The van der Waals surface area contributed by atoms with Gasteiger partial charge in [0.1, 0.15) is 36.9 Å². The molecule has 9 N–H and O–H groups in total. The third-order valence-electron chi connectivity index (χ3n) is 9.41. The number of ether oxygens (including phenoxy) is 2. The fraction of sp³-hybridized carbons (Fsp3) is 0.204. The maximum absolute atomic E-state index is 9.44. The predicted octanol–water partition coefficient (Wildman–Crippen LogP) is 6.26. The Morgan fingerprint density at radius 3 is 1.03 bits per heavy atom. The van der Waals surface area contributed by atoms with E-state index in [0.717, 1.165) is 49.1 Å². The van der Waals surface area contributed by atoms with Crippen LogP contribution in [0.15, 0.2) is 146 Å². The molecular formula is C49H53B2CuNa2O15S4. The van der Waals surface area contributed by atoms with Crippen molar-refractivity contribution in [2.24, 2.45) is 0 Å². The quantitative estimate of drug-likeness (QED) is 0.0317. The number of hydrogen-bond acceptors (Lipinski definition) is 17. The molecule has 2 fully saturated rings. The molecule has 24 heteroatoms. The molecule has 0 atom stereocenters. The van der Waals surface area contributed by atoms with E-state index in [0.29, 0.717) is 10.9 Å². The molecule has 0 bridgehead atoms. The number of phenols is 2. The maximum Gasteiger partial charge on any atom is 1.00 e. The summed E-state index contributed by atoms with van der Waals surface area (Å²) in [7, 11) is -1.37. The van der Waals surface area contributed by atoms with Crippen LogP contribution in [-0.2, 0) is 44.5 Å². The minimum absolute atomic E-state index is 0. The summed E-state index contributed by atoms with van der Waals surface area (Å²) in [4.78, 5) is 29.3. The average Bonchev–Trinajstić information content (AvgIpc) is 4.06. The van der Waals surface area contributed by atoms with Gasteiger partial charge in [0.05, 0.1) is 7.11 Å². The summed E-state index contributed by atoms with van der Waals surface area (Å²) in [6.45, 7) is 5.04. The number of thioether (sulfide) groups is 4. The van der Waals surface area contributed by atoms with Gasteiger partial charge in [-0.2, -0.15) is 0 Å². The third kappa shape index (κ3) is 23.7. The van der Waals surface area contributed by atoms with Gasteiger partial charge in [0.2, 0.25) is 0 Å². The normalized spacial score (nSPS) is 12.8. The molecule has 2 aliphatic rings. The number of carbonyl (C=O) groups excluding carboxylic acids is 1. The average molecular weight is 1140 g/mol. The van der Waals surface area contributed by atoms with E-state index in [1.165, 1.54) is 63.6 Å². The van der Waals surface area contributed by atoms with Gasteiger partial charge in [-0.25, -0.2) is 5.26 Å². The Labute approximate surface area is 497 Å². The van der Waals surface area contributed by atoms with Crippen molar-refractivity contribution in [2.45, 2.75) is 28.9 Å². The molecule has 6 aromatic carbocycles. The van der Waals surface area contributed by atoms with E-state index >= 15 is 0 Å². The van der Waals surface area contributed by atoms with Crippen molar-refractivity contribution in [2.75, 3.05) is 30.1 Å². The summed E-state index contributed by atoms with van der Waals surface area (Å²) in [5.74, 6) is 5.94. The standard InChI is InChI=1S/C23H22O2S2.C15H14O2S2.C6H8B2O4.2C2H4O2.CHO3.Cu.2Na/c1-17-3-5-18(6-4-17)23(26-15-16-27-23)19-7-9-21(10-8-19)25-22-13-11-20(24-2)12-14-22;16-13-5-1-11(2-6-13)15(18-9-10-19-15)12-3-7-14(17)8-4-12;9-7(10)5-1-2-6(4-3-5)8(11)12;2*1-2(3)4;2-1-4-3;;;/h3-14H,15-16H2,1-2H3;1-8,16-17H,9-10H2;1-4,9-12H;2*1H3,(H,3,4);3H;;;/q;;;;;-1;+1;;. The smallest absolute Gasteiger partial charge is 0.509 e. The summed E-state index contributed by atoms with van der Waals surface area (Å²) in [5.41, 5.74) is 6.99. The number of methoxy groups -OCH3 is 1. The molecule has 0 aromatic heterocycles.